The number of fused-ring (bicyclic) bond motifs is 6. The van der Waals surface area contributed by atoms with Crippen LogP contribution in [0, 0.1) is 33.6 Å². The molecule has 36 heavy (non-hydrogen) atoms. The van der Waals surface area contributed by atoms with Gasteiger partial charge in [0, 0.05) is 65.6 Å². The first-order chi connectivity index (χ1) is 17.2. The zero-order chi connectivity index (χ0) is 25.3. The first kappa shape index (κ1) is 22.8. The fourth-order valence-electron chi connectivity index (χ4n) is 6.27. The molecule has 2 aliphatic heterocycles. The summed E-state index contributed by atoms with van der Waals surface area (Å²) in [5.41, 5.74) is 5.29. The van der Waals surface area contributed by atoms with Crippen LogP contribution in [0.25, 0.3) is 21.9 Å². The van der Waals surface area contributed by atoms with Crippen molar-refractivity contribution in [1.82, 2.24) is 9.47 Å². The van der Waals surface area contributed by atoms with Crippen LogP contribution in [0.2, 0.25) is 0 Å². The Hall–Kier alpha value is -3.61. The molecule has 5 heterocycles. The number of hydrogen-bond donors (Lipinski definition) is 0. The van der Waals surface area contributed by atoms with E-state index in [1.807, 2.05) is 49.3 Å². The molecule has 1 saturated heterocycles. The molecule has 0 aliphatic carbocycles. The Balaban J connectivity index is 1.27. The number of furan rings is 1. The second-order valence-electron chi connectivity index (χ2n) is 10.5. The van der Waals surface area contributed by atoms with Gasteiger partial charge in [-0.2, -0.15) is 0 Å². The first-order valence-corrected chi connectivity index (χ1v) is 12.7. The van der Waals surface area contributed by atoms with E-state index in [0.29, 0.717) is 37.2 Å². The number of carbonyl (C=O) groups is 1. The number of aryl methyl sites for hydroxylation is 4. The second kappa shape index (κ2) is 8.22. The highest BCUT2D eigenvalue weighted by Gasteiger charge is 2.36. The lowest BCUT2D eigenvalue weighted by molar-refractivity contribution is -0.133. The summed E-state index contributed by atoms with van der Waals surface area (Å²) in [5, 5.41) is 1.91. The maximum Gasteiger partial charge on any atom is 0.339 e. The number of piperidine rings is 1. The molecular weight excluding hydrogens is 456 g/mol. The molecular formula is C29H30N2O5. The fourth-order valence-corrected chi connectivity index (χ4v) is 6.27. The van der Waals surface area contributed by atoms with Crippen molar-refractivity contribution >= 4 is 27.8 Å². The van der Waals surface area contributed by atoms with E-state index < -0.39 is 0 Å². The summed E-state index contributed by atoms with van der Waals surface area (Å²) in [4.78, 5) is 40.4. The number of aromatic nitrogens is 1. The average Bonchev–Trinajstić information content (AvgIpc) is 3.14. The standard InChI is InChI=1S/C29H30N2O5/c1-15-18(4)35-27-17(3)28-23(11-22(15)27)16(2)21(29(34)36-28)8-9-25(32)30-12-19-10-20(14-30)24-6-5-7-26(33)31(24)13-19/h5-7,11,19-20H,8-10,12-14H2,1-4H3/t19-,20?/m1/s1. The van der Waals surface area contributed by atoms with Crippen molar-refractivity contribution in [3.63, 3.8) is 0 Å². The predicted octanol–water partition coefficient (Wildman–Crippen LogP) is 4.51. The maximum atomic E-state index is 13.3. The molecule has 1 unspecified atom stereocenters. The van der Waals surface area contributed by atoms with Crippen molar-refractivity contribution < 1.29 is 13.6 Å². The topological polar surface area (TPSA) is 85.7 Å². The zero-order valence-corrected chi connectivity index (χ0v) is 21.1. The molecule has 0 N–H and O–H groups in total. The van der Waals surface area contributed by atoms with Gasteiger partial charge in [-0.1, -0.05) is 6.07 Å². The van der Waals surface area contributed by atoms with Crippen LogP contribution in [-0.4, -0.2) is 28.5 Å². The fraction of sp³-hybridized carbons (Fsp3) is 0.414. The van der Waals surface area contributed by atoms with Crippen LogP contribution in [0.4, 0.5) is 0 Å². The van der Waals surface area contributed by atoms with Crippen LogP contribution in [0.3, 0.4) is 0 Å². The highest BCUT2D eigenvalue weighted by atomic mass is 16.4. The van der Waals surface area contributed by atoms with Gasteiger partial charge in [0.15, 0.2) is 0 Å². The normalized spacial score (nSPS) is 19.2. The minimum Gasteiger partial charge on any atom is -0.461 e. The predicted molar refractivity (Wildman–Crippen MR) is 138 cm³/mol. The third-order valence-corrected chi connectivity index (χ3v) is 8.37. The Morgan fingerprint density at radius 2 is 1.69 bits per heavy atom. The Kier molecular flexibility index (Phi) is 5.21. The number of carbonyl (C=O) groups excluding carboxylic acids is 1. The van der Waals surface area contributed by atoms with Crippen molar-refractivity contribution in [1.29, 1.82) is 0 Å². The van der Waals surface area contributed by atoms with Gasteiger partial charge < -0.3 is 18.3 Å². The van der Waals surface area contributed by atoms with Crippen molar-refractivity contribution in [2.75, 3.05) is 13.1 Å². The molecule has 1 amide bonds. The van der Waals surface area contributed by atoms with Crippen molar-refractivity contribution in [3.05, 3.63) is 78.7 Å². The van der Waals surface area contributed by atoms with Crippen LogP contribution in [-0.2, 0) is 17.8 Å². The average molecular weight is 487 g/mol. The molecule has 0 spiro atoms. The van der Waals surface area contributed by atoms with E-state index in [1.54, 1.807) is 12.1 Å². The van der Waals surface area contributed by atoms with Gasteiger partial charge in [-0.25, -0.2) is 4.79 Å². The summed E-state index contributed by atoms with van der Waals surface area (Å²) in [5.74, 6) is 1.35. The minimum atomic E-state index is -0.390. The Morgan fingerprint density at radius 3 is 2.50 bits per heavy atom. The summed E-state index contributed by atoms with van der Waals surface area (Å²) < 4.78 is 13.6. The zero-order valence-electron chi connectivity index (χ0n) is 21.1. The number of amides is 1. The molecule has 186 valence electrons. The summed E-state index contributed by atoms with van der Waals surface area (Å²) in [6, 6.07) is 7.45. The second-order valence-corrected chi connectivity index (χ2v) is 10.5. The number of benzene rings is 1. The molecule has 0 radical (unpaired) electrons. The molecule has 6 rings (SSSR count). The number of pyridine rings is 1. The van der Waals surface area contributed by atoms with Gasteiger partial charge in [0.05, 0.1) is 0 Å². The third-order valence-electron chi connectivity index (χ3n) is 8.37. The lowest BCUT2D eigenvalue weighted by Crippen LogP contribution is -2.49. The lowest BCUT2D eigenvalue weighted by atomic mass is 9.83. The van der Waals surface area contributed by atoms with Crippen LogP contribution >= 0.6 is 0 Å². The van der Waals surface area contributed by atoms with Crippen molar-refractivity contribution in [2.45, 2.75) is 59.4 Å². The monoisotopic (exact) mass is 486 g/mol. The van der Waals surface area contributed by atoms with E-state index >= 15 is 0 Å². The molecule has 0 saturated carbocycles. The van der Waals surface area contributed by atoms with Gasteiger partial charge in [0.25, 0.3) is 5.56 Å². The highest BCUT2D eigenvalue weighted by Crippen LogP contribution is 2.36. The lowest BCUT2D eigenvalue weighted by Gasteiger charge is -2.42. The van der Waals surface area contributed by atoms with Crippen molar-refractivity contribution in [3.8, 4) is 0 Å². The molecule has 1 fully saturated rings. The van der Waals surface area contributed by atoms with Crippen molar-refractivity contribution in [2.24, 2.45) is 5.92 Å². The SMILES string of the molecule is Cc1oc2c(C)c3oc(=O)c(CCC(=O)N4CC5C[C@H](C4)Cn4c5cccc4=O)c(C)c3cc2c1C. The quantitative estimate of drug-likeness (QED) is 0.398. The van der Waals surface area contributed by atoms with E-state index in [9.17, 15) is 14.4 Å². The molecule has 4 aromatic rings. The van der Waals surface area contributed by atoms with Crippen LogP contribution in [0.15, 0.2) is 42.7 Å². The van der Waals surface area contributed by atoms with Gasteiger partial charge in [-0.15, -0.1) is 0 Å². The van der Waals surface area contributed by atoms with Gasteiger partial charge in [0.1, 0.15) is 16.9 Å². The Labute approximate surface area is 208 Å². The summed E-state index contributed by atoms with van der Waals surface area (Å²) >= 11 is 0. The number of rotatable bonds is 3. The van der Waals surface area contributed by atoms with Gasteiger partial charge in [-0.05, 0) is 69.7 Å². The number of likely N-dealkylation sites (tertiary alicyclic amines) is 1. The maximum absolute atomic E-state index is 13.3. The number of hydrogen-bond acceptors (Lipinski definition) is 5. The van der Waals surface area contributed by atoms with Gasteiger partial charge in [-0.3, -0.25) is 9.59 Å². The van der Waals surface area contributed by atoms with E-state index in [4.69, 9.17) is 8.83 Å². The molecule has 3 aromatic heterocycles. The molecule has 2 atom stereocenters. The van der Waals surface area contributed by atoms with Gasteiger partial charge >= 0.3 is 5.63 Å². The summed E-state index contributed by atoms with van der Waals surface area (Å²) in [6.07, 6.45) is 1.59. The molecule has 2 aliphatic rings. The smallest absolute Gasteiger partial charge is 0.339 e. The van der Waals surface area contributed by atoms with Gasteiger partial charge in [0.2, 0.25) is 5.91 Å². The summed E-state index contributed by atoms with van der Waals surface area (Å²) in [7, 11) is 0. The van der Waals surface area contributed by atoms with E-state index in [1.165, 1.54) is 0 Å². The molecule has 2 bridgehead atoms. The molecule has 1 aromatic carbocycles. The van der Waals surface area contributed by atoms with Crippen LogP contribution in [0.5, 0.6) is 0 Å². The van der Waals surface area contributed by atoms with Crippen LogP contribution in [0.1, 0.15) is 52.5 Å². The van der Waals surface area contributed by atoms with E-state index in [-0.39, 0.29) is 35.3 Å². The Morgan fingerprint density at radius 1 is 0.944 bits per heavy atom. The number of nitrogens with zero attached hydrogens (tertiary/aromatic N) is 2. The largest absolute Gasteiger partial charge is 0.461 e. The van der Waals surface area contributed by atoms with E-state index in [2.05, 4.69) is 0 Å². The first-order valence-electron chi connectivity index (χ1n) is 12.7. The highest BCUT2D eigenvalue weighted by molar-refractivity contribution is 6.00. The van der Waals surface area contributed by atoms with Crippen LogP contribution < -0.4 is 11.2 Å². The summed E-state index contributed by atoms with van der Waals surface area (Å²) in [6.45, 7) is 9.74. The third kappa shape index (κ3) is 3.44. The Bertz CT molecular complexity index is 1670. The molecule has 7 nitrogen and oxygen atoms in total. The minimum absolute atomic E-state index is 0.0359. The van der Waals surface area contributed by atoms with E-state index in [0.717, 1.165) is 50.9 Å². The molecule has 7 heteroatoms.